The van der Waals surface area contributed by atoms with E-state index in [1.807, 2.05) is 0 Å². The highest BCUT2D eigenvalue weighted by Crippen LogP contribution is 2.41. The fourth-order valence-electron chi connectivity index (χ4n) is 1.89. The zero-order valence-electron chi connectivity index (χ0n) is 11.3. The van der Waals surface area contributed by atoms with E-state index in [4.69, 9.17) is 16.7 Å². The van der Waals surface area contributed by atoms with Gasteiger partial charge in [0.05, 0.1) is 10.6 Å². The third-order valence-electron chi connectivity index (χ3n) is 2.84. The Balaban J connectivity index is 2.42. The van der Waals surface area contributed by atoms with Crippen molar-refractivity contribution in [2.45, 2.75) is 18.5 Å². The number of hydrogen-bond donors (Lipinski definition) is 1. The van der Waals surface area contributed by atoms with Crippen LogP contribution in [0.5, 0.6) is 11.5 Å². The Labute approximate surface area is 135 Å². The summed E-state index contributed by atoms with van der Waals surface area (Å²) in [7, 11) is 0. The third kappa shape index (κ3) is 4.05. The topological polar surface area (TPSA) is 55.8 Å². The first-order valence-electron chi connectivity index (χ1n) is 6.10. The van der Waals surface area contributed by atoms with E-state index >= 15 is 0 Å². The van der Waals surface area contributed by atoms with E-state index in [2.05, 4.69) is 9.47 Å². The summed E-state index contributed by atoms with van der Waals surface area (Å²) in [4.78, 5) is 11.0. The summed E-state index contributed by atoms with van der Waals surface area (Å²) >= 11 is 5.70. The van der Waals surface area contributed by atoms with Gasteiger partial charge in [-0.3, -0.25) is 0 Å². The van der Waals surface area contributed by atoms with Crippen LogP contribution in [0.15, 0.2) is 17.7 Å². The quantitative estimate of drug-likeness (QED) is 0.808. The number of carboxylic acid groups (broad SMARTS) is 1. The minimum absolute atomic E-state index is 0.128. The normalized spacial score (nSPS) is 17.6. The fourth-order valence-corrected chi connectivity index (χ4v) is 2.11. The van der Waals surface area contributed by atoms with Crippen molar-refractivity contribution in [2.75, 3.05) is 6.61 Å². The molecule has 1 unspecified atom stereocenters. The van der Waals surface area contributed by atoms with Crippen LogP contribution >= 0.6 is 11.6 Å². The van der Waals surface area contributed by atoms with E-state index in [0.29, 0.717) is 6.08 Å². The summed E-state index contributed by atoms with van der Waals surface area (Å²) in [6.45, 7) is -1.70. The van der Waals surface area contributed by atoms with Gasteiger partial charge in [0.2, 0.25) is 6.10 Å². The van der Waals surface area contributed by atoms with Crippen LogP contribution in [0.1, 0.15) is 5.56 Å². The van der Waals surface area contributed by atoms with Gasteiger partial charge < -0.3 is 14.6 Å². The molecule has 1 aromatic rings. The van der Waals surface area contributed by atoms with Gasteiger partial charge in [0, 0.05) is 11.6 Å². The summed E-state index contributed by atoms with van der Waals surface area (Å²) in [5.74, 6) is -2.89. The molecule has 0 aromatic heterocycles. The van der Waals surface area contributed by atoms with E-state index in [-0.39, 0.29) is 10.6 Å². The summed E-state index contributed by atoms with van der Waals surface area (Å²) in [6.07, 6.45) is -11.8. The van der Waals surface area contributed by atoms with Gasteiger partial charge in [0.1, 0.15) is 11.5 Å². The number of carbonyl (C=O) groups is 1. The number of fused-ring (bicyclic) bond motifs is 1. The summed E-state index contributed by atoms with van der Waals surface area (Å²) < 4.78 is 84.1. The molecule has 0 bridgehead atoms. The van der Waals surface area contributed by atoms with Crippen molar-refractivity contribution in [1.82, 2.24) is 0 Å². The molecule has 0 fully saturated rings. The number of benzene rings is 1. The molecule has 1 aliphatic heterocycles. The van der Waals surface area contributed by atoms with Gasteiger partial charge in [-0.1, -0.05) is 11.6 Å². The molecule has 0 saturated carbocycles. The van der Waals surface area contributed by atoms with Crippen LogP contribution in [-0.4, -0.2) is 36.1 Å². The zero-order chi connectivity index (χ0) is 18.3. The molecule has 0 aliphatic carbocycles. The molecule has 0 amide bonds. The molecule has 0 spiro atoms. The maximum atomic E-state index is 12.9. The minimum Gasteiger partial charge on any atom is -0.482 e. The Morgan fingerprint density at radius 2 is 1.88 bits per heavy atom. The molecule has 11 heteroatoms. The molecule has 1 aromatic carbocycles. The molecule has 1 heterocycles. The summed E-state index contributed by atoms with van der Waals surface area (Å²) in [6, 6.07) is 1.70. The lowest BCUT2D eigenvalue weighted by Gasteiger charge is -2.27. The highest BCUT2D eigenvalue weighted by atomic mass is 35.5. The monoisotopic (exact) mass is 376 g/mol. The van der Waals surface area contributed by atoms with Crippen LogP contribution in [0.4, 0.5) is 26.3 Å². The predicted octanol–water partition coefficient (Wildman–Crippen LogP) is 4.07. The van der Waals surface area contributed by atoms with Gasteiger partial charge in [-0.2, -0.15) is 26.3 Å². The van der Waals surface area contributed by atoms with E-state index in [1.54, 1.807) is 0 Å². The van der Waals surface area contributed by atoms with E-state index in [0.717, 1.165) is 12.1 Å². The summed E-state index contributed by atoms with van der Waals surface area (Å²) in [5, 5.41) is 8.52. The van der Waals surface area contributed by atoms with Gasteiger partial charge in [-0.05, 0) is 12.1 Å². The first-order valence-corrected chi connectivity index (χ1v) is 6.47. The Kier molecular flexibility index (Phi) is 4.62. The molecule has 0 radical (unpaired) electrons. The number of carboxylic acids is 1. The van der Waals surface area contributed by atoms with E-state index < -0.39 is 48.1 Å². The standard InChI is InChI=1S/C13H7ClF6O4/c14-7-2-5-1-6(11(21)22)10(13(18,19)20)24-8(5)3-9(7)23-4-12(15,16)17/h1-3,10H,4H2,(H,21,22). The minimum atomic E-state index is -5.03. The van der Waals surface area contributed by atoms with Crippen molar-refractivity contribution in [3.63, 3.8) is 0 Å². The number of halogens is 7. The average molecular weight is 377 g/mol. The molecule has 1 N–H and O–H groups in total. The number of rotatable bonds is 3. The first kappa shape index (κ1) is 18.2. The predicted molar refractivity (Wildman–Crippen MR) is 69.1 cm³/mol. The van der Waals surface area contributed by atoms with Crippen LogP contribution in [0, 0.1) is 0 Å². The maximum Gasteiger partial charge on any atom is 0.430 e. The number of aliphatic carboxylic acids is 1. The Bertz CT molecular complexity index is 695. The molecule has 0 saturated heterocycles. The molecule has 2 rings (SSSR count). The Morgan fingerprint density at radius 3 is 2.38 bits per heavy atom. The van der Waals surface area contributed by atoms with Gasteiger partial charge >= 0.3 is 18.3 Å². The average Bonchev–Trinajstić information content (AvgIpc) is 2.41. The van der Waals surface area contributed by atoms with Crippen molar-refractivity contribution in [2.24, 2.45) is 0 Å². The Morgan fingerprint density at radius 1 is 1.25 bits per heavy atom. The lowest BCUT2D eigenvalue weighted by molar-refractivity contribution is -0.187. The van der Waals surface area contributed by atoms with E-state index in [9.17, 15) is 31.1 Å². The van der Waals surface area contributed by atoms with Crippen molar-refractivity contribution in [3.05, 3.63) is 28.3 Å². The van der Waals surface area contributed by atoms with Crippen LogP contribution in [0.3, 0.4) is 0 Å². The highest BCUT2D eigenvalue weighted by molar-refractivity contribution is 6.32. The molecular formula is C13H7ClF6O4. The smallest absolute Gasteiger partial charge is 0.430 e. The third-order valence-corrected chi connectivity index (χ3v) is 3.13. The molecule has 1 atom stereocenters. The van der Waals surface area contributed by atoms with Crippen molar-refractivity contribution >= 4 is 23.6 Å². The van der Waals surface area contributed by atoms with Gasteiger partial charge in [-0.15, -0.1) is 0 Å². The molecule has 132 valence electrons. The number of ether oxygens (including phenoxy) is 2. The van der Waals surface area contributed by atoms with Crippen LogP contribution in [0.2, 0.25) is 5.02 Å². The lowest BCUT2D eigenvalue weighted by Crippen LogP contribution is -2.40. The Hall–Kier alpha value is -2.10. The molecule has 24 heavy (non-hydrogen) atoms. The van der Waals surface area contributed by atoms with Crippen molar-refractivity contribution in [1.29, 1.82) is 0 Å². The second-order valence-electron chi connectivity index (χ2n) is 4.67. The van der Waals surface area contributed by atoms with Gasteiger partial charge in [0.25, 0.3) is 0 Å². The van der Waals surface area contributed by atoms with Crippen LogP contribution in [-0.2, 0) is 4.79 Å². The van der Waals surface area contributed by atoms with Crippen molar-refractivity contribution < 1.29 is 45.7 Å². The number of hydrogen-bond acceptors (Lipinski definition) is 3. The second kappa shape index (κ2) is 6.08. The van der Waals surface area contributed by atoms with Crippen LogP contribution < -0.4 is 9.47 Å². The number of alkyl halides is 6. The fraction of sp³-hybridized carbons (Fsp3) is 0.308. The van der Waals surface area contributed by atoms with E-state index in [1.165, 1.54) is 0 Å². The summed E-state index contributed by atoms with van der Waals surface area (Å²) in [5.41, 5.74) is -1.20. The zero-order valence-corrected chi connectivity index (χ0v) is 12.1. The van der Waals surface area contributed by atoms with Crippen LogP contribution in [0.25, 0.3) is 6.08 Å². The molecule has 1 aliphatic rings. The largest absolute Gasteiger partial charge is 0.482 e. The SMILES string of the molecule is O=C(O)C1=Cc2cc(Cl)c(OCC(F)(F)F)cc2OC1C(F)(F)F. The highest BCUT2D eigenvalue weighted by Gasteiger charge is 2.48. The molecule has 4 nitrogen and oxygen atoms in total. The first-order chi connectivity index (χ1) is 10.9. The maximum absolute atomic E-state index is 12.9. The molecular weight excluding hydrogens is 370 g/mol. The lowest BCUT2D eigenvalue weighted by atomic mass is 10.0. The van der Waals surface area contributed by atoms with Gasteiger partial charge in [0.15, 0.2) is 6.61 Å². The van der Waals surface area contributed by atoms with Gasteiger partial charge in [-0.25, -0.2) is 4.79 Å². The second-order valence-corrected chi connectivity index (χ2v) is 5.08. The van der Waals surface area contributed by atoms with Crippen molar-refractivity contribution in [3.8, 4) is 11.5 Å².